The molecule has 1 aromatic rings. The summed E-state index contributed by atoms with van der Waals surface area (Å²) < 4.78 is 0. The number of guanidine groups is 1. The van der Waals surface area contributed by atoms with Crippen LogP contribution in [0.4, 0.5) is 5.69 Å². The van der Waals surface area contributed by atoms with Crippen molar-refractivity contribution in [1.82, 2.24) is 15.5 Å². The number of hydrogen-bond acceptors (Lipinski definition) is 3. The Labute approximate surface area is 173 Å². The molecule has 0 saturated carbocycles. The first kappa shape index (κ1) is 20.8. The lowest BCUT2D eigenvalue weighted by molar-refractivity contribution is -0.130. The van der Waals surface area contributed by atoms with Crippen molar-refractivity contribution in [3.05, 3.63) is 30.3 Å². The Balaban J connectivity index is 0.00000243. The summed E-state index contributed by atoms with van der Waals surface area (Å²) in [6, 6.07) is 10.8. The first-order valence-corrected chi connectivity index (χ1v) is 9.31. The van der Waals surface area contributed by atoms with E-state index in [-0.39, 0.29) is 29.9 Å². The molecular weight excluding hydrogens is 441 g/mol. The number of anilines is 1. The maximum Gasteiger partial charge on any atom is 0.241 e. The van der Waals surface area contributed by atoms with E-state index >= 15 is 0 Å². The van der Waals surface area contributed by atoms with Crippen molar-refractivity contribution in [3.8, 4) is 0 Å². The van der Waals surface area contributed by atoms with Gasteiger partial charge in [-0.05, 0) is 37.8 Å². The van der Waals surface area contributed by atoms with Crippen LogP contribution in [0, 0.1) is 0 Å². The molecule has 2 saturated heterocycles. The maximum absolute atomic E-state index is 12.3. The van der Waals surface area contributed by atoms with Gasteiger partial charge in [-0.3, -0.25) is 9.79 Å². The van der Waals surface area contributed by atoms with Gasteiger partial charge in [0.1, 0.15) is 0 Å². The monoisotopic (exact) mass is 471 g/mol. The molecule has 1 amide bonds. The highest BCUT2D eigenvalue weighted by Gasteiger charge is 2.23. The summed E-state index contributed by atoms with van der Waals surface area (Å²) in [5.74, 6) is 0.880. The van der Waals surface area contributed by atoms with E-state index in [1.165, 1.54) is 12.1 Å². The smallest absolute Gasteiger partial charge is 0.241 e. The third kappa shape index (κ3) is 5.75. The summed E-state index contributed by atoms with van der Waals surface area (Å²) >= 11 is 0. The van der Waals surface area contributed by atoms with Gasteiger partial charge in [0, 0.05) is 45.0 Å². The van der Waals surface area contributed by atoms with Crippen LogP contribution in [0.25, 0.3) is 0 Å². The minimum Gasteiger partial charge on any atom is -0.369 e. The summed E-state index contributed by atoms with van der Waals surface area (Å²) in [4.78, 5) is 20.9. The average Bonchev–Trinajstić information content (AvgIpc) is 3.15. The maximum atomic E-state index is 12.3. The van der Waals surface area contributed by atoms with Crippen LogP contribution < -0.4 is 15.5 Å². The number of carbonyl (C=O) groups excluding carboxylic acids is 1. The number of likely N-dealkylation sites (tertiary alicyclic amines) is 1. The third-order valence-electron chi connectivity index (χ3n) is 4.99. The Morgan fingerprint density at radius 3 is 2.58 bits per heavy atom. The number of nitrogens with zero attached hydrogens (tertiary/aromatic N) is 3. The van der Waals surface area contributed by atoms with Crippen LogP contribution in [-0.2, 0) is 4.79 Å². The number of hydrogen-bond donors (Lipinski definition) is 2. The highest BCUT2D eigenvalue weighted by atomic mass is 127. The van der Waals surface area contributed by atoms with Crippen LogP contribution in [-0.4, -0.2) is 62.6 Å². The van der Waals surface area contributed by atoms with E-state index < -0.39 is 0 Å². The Bertz CT molecular complexity index is 589. The number of nitrogens with one attached hydrogen (secondary N) is 2. The molecule has 7 heteroatoms. The molecule has 2 aliphatic rings. The number of amides is 1. The Kier molecular flexibility index (Phi) is 8.47. The molecule has 2 heterocycles. The lowest BCUT2D eigenvalue weighted by Crippen LogP contribution is -2.49. The van der Waals surface area contributed by atoms with Crippen LogP contribution >= 0.6 is 24.0 Å². The minimum atomic E-state index is 0. The molecule has 0 radical (unpaired) electrons. The SMILES string of the molecule is CN=C(NCC(=O)N1CCCCC1)NC1CCN(c2ccccc2)C1.I. The number of carbonyl (C=O) groups is 1. The minimum absolute atomic E-state index is 0. The van der Waals surface area contributed by atoms with Crippen LogP contribution in [0.3, 0.4) is 0 Å². The highest BCUT2D eigenvalue weighted by molar-refractivity contribution is 14.0. The molecule has 1 unspecified atom stereocenters. The lowest BCUT2D eigenvalue weighted by atomic mass is 10.1. The van der Waals surface area contributed by atoms with E-state index in [4.69, 9.17) is 0 Å². The van der Waals surface area contributed by atoms with Gasteiger partial charge >= 0.3 is 0 Å². The van der Waals surface area contributed by atoms with Crippen molar-refractivity contribution >= 4 is 41.5 Å². The number of rotatable bonds is 4. The molecule has 2 aliphatic heterocycles. The molecular formula is C19H30IN5O. The van der Waals surface area contributed by atoms with Crippen LogP contribution in [0.2, 0.25) is 0 Å². The van der Waals surface area contributed by atoms with Gasteiger partial charge in [-0.1, -0.05) is 18.2 Å². The first-order valence-electron chi connectivity index (χ1n) is 9.31. The van der Waals surface area contributed by atoms with E-state index in [9.17, 15) is 4.79 Å². The molecule has 1 aromatic carbocycles. The molecule has 144 valence electrons. The number of benzene rings is 1. The fourth-order valence-corrected chi connectivity index (χ4v) is 3.55. The fourth-order valence-electron chi connectivity index (χ4n) is 3.55. The van der Waals surface area contributed by atoms with Crippen molar-refractivity contribution in [2.24, 2.45) is 4.99 Å². The third-order valence-corrected chi connectivity index (χ3v) is 4.99. The number of para-hydroxylation sites is 1. The molecule has 0 aliphatic carbocycles. The molecule has 3 rings (SSSR count). The van der Waals surface area contributed by atoms with Gasteiger partial charge < -0.3 is 20.4 Å². The summed E-state index contributed by atoms with van der Waals surface area (Å²) in [6.45, 7) is 4.08. The molecule has 2 fully saturated rings. The van der Waals surface area contributed by atoms with Gasteiger partial charge in [0.2, 0.25) is 5.91 Å². The predicted molar refractivity (Wildman–Crippen MR) is 117 cm³/mol. The summed E-state index contributed by atoms with van der Waals surface area (Å²) in [5, 5.41) is 6.63. The quantitative estimate of drug-likeness (QED) is 0.401. The molecule has 1 atom stereocenters. The van der Waals surface area contributed by atoms with Crippen molar-refractivity contribution in [3.63, 3.8) is 0 Å². The summed E-state index contributed by atoms with van der Waals surface area (Å²) in [6.07, 6.45) is 4.54. The van der Waals surface area contributed by atoms with Gasteiger partial charge in [0.25, 0.3) is 0 Å². The van der Waals surface area contributed by atoms with Crippen molar-refractivity contribution < 1.29 is 4.79 Å². The number of halogens is 1. The molecule has 0 spiro atoms. The second-order valence-corrected chi connectivity index (χ2v) is 6.78. The summed E-state index contributed by atoms with van der Waals surface area (Å²) in [7, 11) is 1.75. The zero-order valence-electron chi connectivity index (χ0n) is 15.5. The molecule has 0 aromatic heterocycles. The predicted octanol–water partition coefficient (Wildman–Crippen LogP) is 2.06. The van der Waals surface area contributed by atoms with Crippen molar-refractivity contribution in [2.45, 2.75) is 31.7 Å². The molecule has 26 heavy (non-hydrogen) atoms. The average molecular weight is 471 g/mol. The van der Waals surface area contributed by atoms with Gasteiger partial charge in [-0.2, -0.15) is 0 Å². The van der Waals surface area contributed by atoms with Gasteiger partial charge in [0.05, 0.1) is 6.54 Å². The van der Waals surface area contributed by atoms with Crippen molar-refractivity contribution in [2.75, 3.05) is 44.7 Å². The van der Waals surface area contributed by atoms with Crippen LogP contribution in [0.1, 0.15) is 25.7 Å². The number of aliphatic imine (C=N–C) groups is 1. The van der Waals surface area contributed by atoms with Gasteiger partial charge in [-0.15, -0.1) is 24.0 Å². The molecule has 0 bridgehead atoms. The second-order valence-electron chi connectivity index (χ2n) is 6.78. The highest BCUT2D eigenvalue weighted by Crippen LogP contribution is 2.19. The van der Waals surface area contributed by atoms with E-state index in [0.717, 1.165) is 45.4 Å². The lowest BCUT2D eigenvalue weighted by Gasteiger charge is -2.27. The normalized spacial score (nSPS) is 20.5. The van der Waals surface area contributed by atoms with Crippen LogP contribution in [0.15, 0.2) is 35.3 Å². The van der Waals surface area contributed by atoms with E-state index in [2.05, 4.69) is 44.8 Å². The molecule has 2 N–H and O–H groups in total. The second kappa shape index (κ2) is 10.6. The van der Waals surface area contributed by atoms with Crippen LogP contribution in [0.5, 0.6) is 0 Å². The van der Waals surface area contributed by atoms with Gasteiger partial charge in [0.15, 0.2) is 5.96 Å². The van der Waals surface area contributed by atoms with E-state index in [1.54, 1.807) is 7.05 Å². The van der Waals surface area contributed by atoms with Gasteiger partial charge in [-0.25, -0.2) is 0 Å². The topological polar surface area (TPSA) is 60.0 Å². The Morgan fingerprint density at radius 2 is 1.88 bits per heavy atom. The standard InChI is InChI=1S/C19H29N5O.HI/c1-20-19(21-14-18(25)23-11-6-3-7-12-23)22-16-10-13-24(15-16)17-8-4-2-5-9-17;/h2,4-5,8-9,16H,3,6-7,10-15H2,1H3,(H2,20,21,22);1H. The van der Waals surface area contributed by atoms with Crippen molar-refractivity contribution in [1.29, 1.82) is 0 Å². The Hall–Kier alpha value is -1.51. The largest absolute Gasteiger partial charge is 0.369 e. The van der Waals surface area contributed by atoms with E-state index in [1.807, 2.05) is 11.0 Å². The number of piperidine rings is 1. The molecule has 6 nitrogen and oxygen atoms in total. The first-order chi connectivity index (χ1) is 12.3. The Morgan fingerprint density at radius 1 is 1.15 bits per heavy atom. The zero-order chi connectivity index (χ0) is 17.5. The fraction of sp³-hybridized carbons (Fsp3) is 0.579. The van der Waals surface area contributed by atoms with E-state index in [0.29, 0.717) is 18.5 Å². The summed E-state index contributed by atoms with van der Waals surface area (Å²) in [5.41, 5.74) is 1.26. The zero-order valence-corrected chi connectivity index (χ0v) is 17.8.